The molecular weight excluding hydrogens is 345 g/mol. The van der Waals surface area contributed by atoms with E-state index in [0.717, 1.165) is 49.6 Å². The second-order valence-corrected chi connectivity index (χ2v) is 7.01. The summed E-state index contributed by atoms with van der Waals surface area (Å²) in [7, 11) is 0. The lowest BCUT2D eigenvalue weighted by atomic mass is 10.1. The fraction of sp³-hybridized carbons (Fsp3) is 0.588. The van der Waals surface area contributed by atoms with Crippen molar-refractivity contribution in [2.45, 2.75) is 37.9 Å². The molecule has 2 aromatic rings. The smallest absolute Gasteiger partial charge is 0.370 e. The minimum Gasteiger partial charge on any atom is -0.370 e. The molecule has 26 heavy (non-hydrogen) atoms. The van der Waals surface area contributed by atoms with Crippen LogP contribution in [0, 0.1) is 5.92 Å². The third-order valence-electron chi connectivity index (χ3n) is 4.91. The molecule has 0 radical (unpaired) electrons. The van der Waals surface area contributed by atoms with Crippen molar-refractivity contribution in [1.29, 1.82) is 0 Å². The number of alkyl halides is 3. The molecule has 1 N–H and O–H groups in total. The highest BCUT2D eigenvalue weighted by Crippen LogP contribution is 2.31. The van der Waals surface area contributed by atoms with Gasteiger partial charge in [0.1, 0.15) is 18.0 Å². The van der Waals surface area contributed by atoms with Crippen molar-refractivity contribution in [3.05, 3.63) is 30.4 Å². The van der Waals surface area contributed by atoms with Crippen LogP contribution in [0.4, 0.5) is 24.8 Å². The Hall–Kier alpha value is -2.32. The monoisotopic (exact) mass is 366 g/mol. The molecule has 1 unspecified atom stereocenters. The van der Waals surface area contributed by atoms with E-state index in [4.69, 9.17) is 0 Å². The molecule has 4 rings (SSSR count). The van der Waals surface area contributed by atoms with Crippen LogP contribution in [-0.2, 0) is 6.18 Å². The first-order valence-corrected chi connectivity index (χ1v) is 8.92. The van der Waals surface area contributed by atoms with Crippen molar-refractivity contribution in [2.75, 3.05) is 29.9 Å². The zero-order chi connectivity index (χ0) is 18.1. The van der Waals surface area contributed by atoms with E-state index in [1.165, 1.54) is 30.0 Å². The molecule has 140 valence electrons. The normalized spacial score (nSPS) is 21.0. The summed E-state index contributed by atoms with van der Waals surface area (Å²) in [6, 6.07) is 2.84. The summed E-state index contributed by atoms with van der Waals surface area (Å²) in [5, 5.41) is 7.06. The van der Waals surface area contributed by atoms with E-state index < -0.39 is 11.9 Å². The van der Waals surface area contributed by atoms with Gasteiger partial charge in [0, 0.05) is 31.9 Å². The van der Waals surface area contributed by atoms with Gasteiger partial charge >= 0.3 is 6.18 Å². The Morgan fingerprint density at radius 3 is 2.77 bits per heavy atom. The van der Waals surface area contributed by atoms with Crippen LogP contribution < -0.4 is 10.2 Å². The fourth-order valence-corrected chi connectivity index (χ4v) is 3.26. The Morgan fingerprint density at radius 2 is 2.04 bits per heavy atom. The maximum atomic E-state index is 12.8. The lowest BCUT2D eigenvalue weighted by Crippen LogP contribution is -2.37. The molecule has 2 fully saturated rings. The number of piperidine rings is 1. The zero-order valence-corrected chi connectivity index (χ0v) is 14.3. The molecule has 1 aliphatic carbocycles. The first kappa shape index (κ1) is 17.1. The van der Waals surface area contributed by atoms with Crippen molar-refractivity contribution in [3.63, 3.8) is 0 Å². The number of halogens is 3. The van der Waals surface area contributed by atoms with Gasteiger partial charge in [0.15, 0.2) is 5.69 Å². The topological polar surface area (TPSA) is 58.9 Å². The van der Waals surface area contributed by atoms with Gasteiger partial charge in [-0.1, -0.05) is 0 Å². The molecule has 0 amide bonds. The number of aromatic nitrogens is 4. The van der Waals surface area contributed by atoms with Crippen molar-refractivity contribution in [1.82, 2.24) is 19.7 Å². The van der Waals surface area contributed by atoms with E-state index in [9.17, 15) is 13.2 Å². The molecule has 1 atom stereocenters. The van der Waals surface area contributed by atoms with Gasteiger partial charge < -0.3 is 10.2 Å². The molecular formula is C17H21F3N6. The number of rotatable bonds is 5. The van der Waals surface area contributed by atoms with Crippen LogP contribution in [0.1, 0.15) is 37.4 Å². The minimum absolute atomic E-state index is 0.0994. The largest absolute Gasteiger partial charge is 0.435 e. The Morgan fingerprint density at radius 1 is 1.19 bits per heavy atom. The molecule has 1 saturated carbocycles. The lowest BCUT2D eigenvalue weighted by Gasteiger charge is -2.33. The summed E-state index contributed by atoms with van der Waals surface area (Å²) < 4.78 is 39.8. The first-order valence-electron chi connectivity index (χ1n) is 8.92. The van der Waals surface area contributed by atoms with E-state index >= 15 is 0 Å². The van der Waals surface area contributed by atoms with E-state index in [0.29, 0.717) is 6.54 Å². The summed E-state index contributed by atoms with van der Waals surface area (Å²) in [4.78, 5) is 10.7. The van der Waals surface area contributed by atoms with Crippen LogP contribution >= 0.6 is 0 Å². The number of anilines is 2. The minimum atomic E-state index is -4.41. The van der Waals surface area contributed by atoms with Crippen LogP contribution in [0.2, 0.25) is 0 Å². The van der Waals surface area contributed by atoms with Crippen molar-refractivity contribution >= 4 is 11.6 Å². The van der Waals surface area contributed by atoms with Gasteiger partial charge in [-0.25, -0.2) is 9.97 Å². The second kappa shape index (κ2) is 6.77. The van der Waals surface area contributed by atoms with E-state index in [2.05, 4.69) is 25.3 Å². The summed E-state index contributed by atoms with van der Waals surface area (Å²) in [6.07, 6.45) is 2.75. The maximum Gasteiger partial charge on any atom is 0.435 e. The standard InChI is InChI=1S/C17H21F3N6/c18-17(19,20)14-5-7-26(24-14)13-2-1-6-25(10-13)16-8-15(22-11-23-16)21-9-12-3-4-12/h5,7-8,11-13H,1-4,6,9-10H2,(H,21,22,23). The van der Waals surface area contributed by atoms with E-state index in [-0.39, 0.29) is 6.04 Å². The predicted molar refractivity (Wildman–Crippen MR) is 91.0 cm³/mol. The van der Waals surface area contributed by atoms with Gasteiger partial charge in [-0.2, -0.15) is 18.3 Å². The molecule has 0 aromatic carbocycles. The molecule has 0 spiro atoms. The van der Waals surface area contributed by atoms with Gasteiger partial charge in [0.2, 0.25) is 0 Å². The van der Waals surface area contributed by atoms with Crippen LogP contribution in [0.3, 0.4) is 0 Å². The SMILES string of the molecule is FC(F)(F)c1ccn(C2CCCN(c3cc(NCC4CC4)ncn3)C2)n1. The fourth-order valence-electron chi connectivity index (χ4n) is 3.26. The molecule has 9 heteroatoms. The van der Waals surface area contributed by atoms with Crippen LogP contribution in [0.25, 0.3) is 0 Å². The van der Waals surface area contributed by atoms with E-state index in [1.807, 2.05) is 6.07 Å². The first-order chi connectivity index (χ1) is 12.5. The molecule has 1 saturated heterocycles. The second-order valence-electron chi connectivity index (χ2n) is 7.01. The Balaban J connectivity index is 1.44. The van der Waals surface area contributed by atoms with Crippen molar-refractivity contribution in [3.8, 4) is 0 Å². The average Bonchev–Trinajstić information content (AvgIpc) is 3.32. The summed E-state index contributed by atoms with van der Waals surface area (Å²) >= 11 is 0. The molecule has 2 aromatic heterocycles. The highest BCUT2D eigenvalue weighted by Gasteiger charge is 2.34. The van der Waals surface area contributed by atoms with Gasteiger partial charge in [-0.3, -0.25) is 4.68 Å². The van der Waals surface area contributed by atoms with Gasteiger partial charge in [0.05, 0.1) is 6.04 Å². The molecule has 2 aliphatic rings. The maximum absolute atomic E-state index is 12.8. The highest BCUT2D eigenvalue weighted by molar-refractivity contribution is 5.48. The predicted octanol–water partition coefficient (Wildman–Crippen LogP) is 3.36. The molecule has 3 heterocycles. The van der Waals surface area contributed by atoms with Crippen LogP contribution in [0.5, 0.6) is 0 Å². The van der Waals surface area contributed by atoms with Crippen molar-refractivity contribution in [2.24, 2.45) is 5.92 Å². The summed E-state index contributed by atoms with van der Waals surface area (Å²) in [5.41, 5.74) is -0.844. The number of nitrogens with one attached hydrogen (secondary N) is 1. The third-order valence-corrected chi connectivity index (χ3v) is 4.91. The molecule has 6 nitrogen and oxygen atoms in total. The summed E-state index contributed by atoms with van der Waals surface area (Å²) in [5.74, 6) is 2.34. The van der Waals surface area contributed by atoms with Crippen LogP contribution in [0.15, 0.2) is 24.7 Å². The molecule has 0 bridgehead atoms. The lowest BCUT2D eigenvalue weighted by molar-refractivity contribution is -0.141. The van der Waals surface area contributed by atoms with Gasteiger partial charge in [-0.05, 0) is 37.7 Å². The Kier molecular flexibility index (Phi) is 4.46. The highest BCUT2D eigenvalue weighted by atomic mass is 19.4. The quantitative estimate of drug-likeness (QED) is 0.879. The average molecular weight is 366 g/mol. The number of nitrogens with zero attached hydrogens (tertiary/aromatic N) is 5. The third kappa shape index (κ3) is 3.91. The Labute approximate surface area is 149 Å². The van der Waals surface area contributed by atoms with Gasteiger partial charge in [-0.15, -0.1) is 0 Å². The van der Waals surface area contributed by atoms with E-state index in [1.54, 1.807) is 0 Å². The zero-order valence-electron chi connectivity index (χ0n) is 14.3. The van der Waals surface area contributed by atoms with Gasteiger partial charge in [0.25, 0.3) is 0 Å². The number of hydrogen-bond acceptors (Lipinski definition) is 5. The number of hydrogen-bond donors (Lipinski definition) is 1. The Bertz CT molecular complexity index is 755. The summed E-state index contributed by atoms with van der Waals surface area (Å²) in [6.45, 7) is 2.33. The van der Waals surface area contributed by atoms with Crippen LogP contribution in [-0.4, -0.2) is 39.4 Å². The van der Waals surface area contributed by atoms with Crippen molar-refractivity contribution < 1.29 is 13.2 Å². The molecule has 1 aliphatic heterocycles.